The maximum absolute atomic E-state index is 12.3. The van der Waals surface area contributed by atoms with Gasteiger partial charge < -0.3 is 15.7 Å². The molecule has 0 heterocycles. The minimum atomic E-state index is -4.44. The lowest BCUT2D eigenvalue weighted by atomic mass is 10.1. The molecule has 0 bridgehead atoms. The highest BCUT2D eigenvalue weighted by molar-refractivity contribution is 5.79. The Balaban J connectivity index is -0.000000193. The van der Waals surface area contributed by atoms with Crippen LogP contribution in [-0.4, -0.2) is 49.1 Å². The summed E-state index contributed by atoms with van der Waals surface area (Å²) in [6, 6.07) is 10.5. The van der Waals surface area contributed by atoms with Gasteiger partial charge in [0.2, 0.25) is 5.91 Å². The summed E-state index contributed by atoms with van der Waals surface area (Å²) in [6.07, 6.45) is -2.93. The molecule has 47 heavy (non-hydrogen) atoms. The van der Waals surface area contributed by atoms with Crippen molar-refractivity contribution in [3.63, 3.8) is 0 Å². The number of nitrogens with one attached hydrogen (secondary N) is 2. The monoisotopic (exact) mass is 685 g/mol. The first kappa shape index (κ1) is 53.9. The second-order valence-corrected chi connectivity index (χ2v) is 9.64. The van der Waals surface area contributed by atoms with Crippen molar-refractivity contribution in [3.05, 3.63) is 71.3 Å². The predicted molar refractivity (Wildman–Crippen MR) is 189 cm³/mol. The number of allylic oxidation sites excluding steroid dienone is 4. The molecular formula is C37H66F6N2O2. The number of aliphatic hydroxyl groups is 1. The van der Waals surface area contributed by atoms with Crippen LogP contribution in [0.15, 0.2) is 65.8 Å². The number of rotatable bonds is 8. The van der Waals surface area contributed by atoms with Crippen molar-refractivity contribution in [3.8, 4) is 0 Å². The van der Waals surface area contributed by atoms with E-state index in [0.29, 0.717) is 18.5 Å². The van der Waals surface area contributed by atoms with Crippen molar-refractivity contribution in [1.29, 1.82) is 0 Å². The second kappa shape index (κ2) is 34.7. The molecule has 10 heteroatoms. The maximum atomic E-state index is 12.3. The van der Waals surface area contributed by atoms with Crippen LogP contribution in [0, 0.1) is 12.8 Å². The number of benzene rings is 1. The molecule has 1 amide bonds. The number of alkyl halides is 6. The average Bonchev–Trinajstić information content (AvgIpc) is 3.52. The summed E-state index contributed by atoms with van der Waals surface area (Å²) < 4.78 is 72.0. The summed E-state index contributed by atoms with van der Waals surface area (Å²) in [5.74, 6) is -0.270. The zero-order valence-electron chi connectivity index (χ0n) is 31.2. The number of amides is 1. The Labute approximate surface area is 283 Å². The van der Waals surface area contributed by atoms with Crippen molar-refractivity contribution >= 4 is 5.91 Å². The molecule has 3 N–H and O–H groups in total. The Morgan fingerprint density at radius 3 is 1.74 bits per heavy atom. The molecular weight excluding hydrogens is 618 g/mol. The summed E-state index contributed by atoms with van der Waals surface area (Å²) in [6.45, 7) is 26.3. The molecule has 1 aromatic carbocycles. The fourth-order valence-electron chi connectivity index (χ4n) is 3.58. The maximum Gasteiger partial charge on any atom is 0.415 e. The Morgan fingerprint density at radius 1 is 0.936 bits per heavy atom. The van der Waals surface area contributed by atoms with Crippen LogP contribution in [0.25, 0.3) is 0 Å². The van der Waals surface area contributed by atoms with Crippen molar-refractivity contribution in [2.24, 2.45) is 5.92 Å². The number of hydrogen-bond donors (Lipinski definition) is 3. The molecule has 0 aromatic heterocycles. The van der Waals surface area contributed by atoms with E-state index < -0.39 is 23.5 Å². The predicted octanol–water partition coefficient (Wildman–Crippen LogP) is 11.3. The van der Waals surface area contributed by atoms with Crippen LogP contribution >= 0.6 is 0 Å². The summed E-state index contributed by atoms with van der Waals surface area (Å²) >= 11 is 0. The van der Waals surface area contributed by atoms with E-state index in [1.807, 2.05) is 59.7 Å². The molecule has 0 spiro atoms. The topological polar surface area (TPSA) is 61.4 Å². The molecule has 1 aliphatic rings. The number of aryl methyl sites for hydroxylation is 1. The van der Waals surface area contributed by atoms with Crippen LogP contribution in [0.5, 0.6) is 0 Å². The number of halogens is 6. The number of aliphatic hydroxyl groups excluding tert-OH is 1. The van der Waals surface area contributed by atoms with Gasteiger partial charge in [0.1, 0.15) is 0 Å². The van der Waals surface area contributed by atoms with E-state index in [1.165, 1.54) is 32.8 Å². The highest BCUT2D eigenvalue weighted by Gasteiger charge is 2.32. The second-order valence-electron chi connectivity index (χ2n) is 9.64. The number of hydrogen-bond acceptors (Lipinski definition) is 3. The first-order valence-corrected chi connectivity index (χ1v) is 16.9. The molecule has 0 aliphatic heterocycles. The molecule has 4 nitrogen and oxygen atoms in total. The molecule has 2 atom stereocenters. The van der Waals surface area contributed by atoms with E-state index in [0.717, 1.165) is 25.0 Å². The Bertz CT molecular complexity index is 912. The van der Waals surface area contributed by atoms with Gasteiger partial charge in [0.05, 0.1) is 6.61 Å². The lowest BCUT2D eigenvalue weighted by Gasteiger charge is -2.13. The van der Waals surface area contributed by atoms with Crippen LogP contribution in [0.2, 0.25) is 0 Å². The van der Waals surface area contributed by atoms with Gasteiger partial charge in [-0.15, -0.1) is 0 Å². The molecule has 2 rings (SSSR count). The fourth-order valence-corrected chi connectivity index (χ4v) is 3.58. The number of carbonyl (C=O) groups is 1. The van der Waals surface area contributed by atoms with E-state index in [2.05, 4.69) is 50.1 Å². The first-order chi connectivity index (χ1) is 22.1. The van der Waals surface area contributed by atoms with Crippen molar-refractivity contribution in [2.75, 3.05) is 19.7 Å². The highest BCUT2D eigenvalue weighted by Crippen LogP contribution is 2.28. The van der Waals surface area contributed by atoms with Crippen LogP contribution < -0.4 is 10.6 Å². The Kier molecular flexibility index (Phi) is 39.8. The minimum absolute atomic E-state index is 0.0556. The van der Waals surface area contributed by atoms with E-state index >= 15 is 0 Å². The van der Waals surface area contributed by atoms with Crippen molar-refractivity contribution < 1.29 is 36.2 Å². The largest absolute Gasteiger partial charge is 0.415 e. The molecule has 0 radical (unpaired) electrons. The number of carbonyl (C=O) groups excluding carboxylic acids is 1. The third-order valence-electron chi connectivity index (χ3n) is 5.71. The smallest absolute Gasteiger partial charge is 0.395 e. The van der Waals surface area contributed by atoms with Gasteiger partial charge in [-0.1, -0.05) is 123 Å². The third kappa shape index (κ3) is 33.1. The van der Waals surface area contributed by atoms with Gasteiger partial charge in [0.15, 0.2) is 0 Å². The van der Waals surface area contributed by atoms with Crippen LogP contribution in [-0.2, 0) is 4.79 Å². The Morgan fingerprint density at radius 2 is 1.43 bits per heavy atom. The van der Waals surface area contributed by atoms with Crippen molar-refractivity contribution in [2.45, 2.75) is 134 Å². The lowest BCUT2D eigenvalue weighted by Crippen LogP contribution is -2.33. The summed E-state index contributed by atoms with van der Waals surface area (Å²) in [7, 11) is 0. The van der Waals surface area contributed by atoms with E-state index in [4.69, 9.17) is 5.11 Å². The van der Waals surface area contributed by atoms with Gasteiger partial charge in [-0.2, -0.15) is 26.3 Å². The van der Waals surface area contributed by atoms with E-state index in [9.17, 15) is 31.1 Å². The highest BCUT2D eigenvalue weighted by atomic mass is 19.4. The molecule has 0 saturated heterocycles. The van der Waals surface area contributed by atoms with Crippen LogP contribution in [0.3, 0.4) is 0 Å². The quantitative estimate of drug-likeness (QED) is 0.145. The van der Waals surface area contributed by atoms with E-state index in [1.54, 1.807) is 0 Å². The van der Waals surface area contributed by atoms with Gasteiger partial charge in [-0.25, -0.2) is 0 Å². The van der Waals surface area contributed by atoms with Gasteiger partial charge in [-0.05, 0) is 52.5 Å². The average molecular weight is 685 g/mol. The van der Waals surface area contributed by atoms with Crippen molar-refractivity contribution in [1.82, 2.24) is 10.6 Å². The normalized spacial score (nSPS) is 15.4. The molecule has 278 valence electrons. The zero-order valence-corrected chi connectivity index (χ0v) is 31.2. The van der Waals surface area contributed by atoms with Gasteiger partial charge in [-0.3, -0.25) is 4.79 Å². The molecule has 1 aromatic rings. The fraction of sp³-hybridized carbons (Fsp3) is 0.649. The SMILES string of the molecule is C/C=C(\CC)C(F)(F)F.C=C(/C=C(\C)CNC(=O)[C@H]1CC[C@@H](NCCO)C1)C(F)(F)F.CC.CC.CC.CCC.Cc1ccccc1. The zero-order chi connectivity index (χ0) is 38.1. The van der Waals surface area contributed by atoms with Crippen LogP contribution in [0.4, 0.5) is 26.3 Å². The lowest BCUT2D eigenvalue weighted by molar-refractivity contribution is -0.124. The molecule has 0 unspecified atom stereocenters. The summed E-state index contributed by atoms with van der Waals surface area (Å²) in [5.41, 5.74) is 0.349. The van der Waals surface area contributed by atoms with Gasteiger partial charge in [0, 0.05) is 36.2 Å². The standard InChI is InChI=1S/C15H23F3N2O2.C7H8.C6H9F3.C3H8.3C2H6/c1-10(7-11(2)15(16,17)18)9-20-14(22)12-3-4-13(8-12)19-5-6-21;1-7-5-3-2-4-6-7;1-3-5(4-2)6(7,8)9;1-3-2;3*1-2/h7,12-13,19,21H,2-6,8-9H2,1H3,(H,20,22);2-6H,1H3;3H,4H2,1-2H3;3H2,1-2H3;3*1-2H3/b10-7+;;5-3+;;;;/t12-,13+;;;;;;/m0....../s1. The first-order valence-electron chi connectivity index (χ1n) is 16.9. The van der Waals surface area contributed by atoms with Gasteiger partial charge >= 0.3 is 12.4 Å². The molecule has 1 fully saturated rings. The summed E-state index contributed by atoms with van der Waals surface area (Å²) in [4.78, 5) is 12.0. The summed E-state index contributed by atoms with van der Waals surface area (Å²) in [5, 5.41) is 14.6. The molecule has 1 aliphatic carbocycles. The van der Waals surface area contributed by atoms with E-state index in [-0.39, 0.29) is 37.4 Å². The minimum Gasteiger partial charge on any atom is -0.395 e. The molecule has 1 saturated carbocycles. The van der Waals surface area contributed by atoms with Crippen LogP contribution in [0.1, 0.15) is 114 Å². The Hall–Kier alpha value is -2.59. The van der Waals surface area contributed by atoms with Gasteiger partial charge in [0.25, 0.3) is 0 Å². The third-order valence-corrected chi connectivity index (χ3v) is 5.71.